The van der Waals surface area contributed by atoms with Crippen molar-refractivity contribution in [2.24, 2.45) is 0 Å². The number of carbonyl (C=O) groups excluding carboxylic acids is 1. The first-order chi connectivity index (χ1) is 16.9. The van der Waals surface area contributed by atoms with E-state index >= 15 is 0 Å². The van der Waals surface area contributed by atoms with Gasteiger partial charge in [-0.15, -0.1) is 11.3 Å². The molecule has 0 N–H and O–H groups in total. The lowest BCUT2D eigenvalue weighted by atomic mass is 10.0. The Balaban J connectivity index is 1.47. The minimum atomic E-state index is -2.80. The second kappa shape index (κ2) is 13.4. The Morgan fingerprint density at radius 1 is 1.00 bits per heavy atom. The summed E-state index contributed by atoms with van der Waals surface area (Å²) in [5.41, 5.74) is 2.58. The summed E-state index contributed by atoms with van der Waals surface area (Å²) in [6.45, 7) is 5.69. The fourth-order valence-electron chi connectivity index (χ4n) is 3.87. The van der Waals surface area contributed by atoms with Crippen molar-refractivity contribution in [1.82, 2.24) is 0 Å². The number of aryl methyl sites for hydroxylation is 1. The number of benzene rings is 2. The van der Waals surface area contributed by atoms with Crippen LogP contribution < -0.4 is 4.74 Å². The van der Waals surface area contributed by atoms with Gasteiger partial charge in [-0.3, -0.25) is 0 Å². The van der Waals surface area contributed by atoms with Gasteiger partial charge >= 0.3 is 5.97 Å². The molecule has 0 radical (unpaired) electrons. The summed E-state index contributed by atoms with van der Waals surface area (Å²) in [6, 6.07) is 16.9. The summed E-state index contributed by atoms with van der Waals surface area (Å²) in [7, 11) is 0. The number of hydrogen-bond acceptors (Lipinski definition) is 4. The molecule has 1 aromatic heterocycles. The standard InChI is InChI=1S/C29H34F2O3S/c1-3-5-6-9-22-10-12-23(13-11-22)26-20-24-14-15-25(21-27(24)35-26)33-18-7-16-29(30,31)17-8-19-34-28(32)4-2/h4,10-15,20-21H,2-3,5-9,16-19H2,1H3. The normalized spacial score (nSPS) is 11.5. The number of ether oxygens (including phenoxy) is 2. The van der Waals surface area contributed by atoms with Crippen LogP contribution in [-0.2, 0) is 16.0 Å². The number of unbranched alkanes of at least 4 members (excludes halogenated alkanes) is 2. The van der Waals surface area contributed by atoms with E-state index in [2.05, 4.69) is 43.8 Å². The highest BCUT2D eigenvalue weighted by atomic mass is 32.1. The lowest BCUT2D eigenvalue weighted by Crippen LogP contribution is -2.18. The van der Waals surface area contributed by atoms with Crippen molar-refractivity contribution in [2.75, 3.05) is 13.2 Å². The van der Waals surface area contributed by atoms with Crippen molar-refractivity contribution in [1.29, 1.82) is 0 Å². The van der Waals surface area contributed by atoms with Gasteiger partial charge in [0, 0.05) is 28.5 Å². The van der Waals surface area contributed by atoms with Gasteiger partial charge in [-0.05, 0) is 66.5 Å². The molecule has 3 nitrogen and oxygen atoms in total. The number of hydrogen-bond donors (Lipinski definition) is 0. The third-order valence-electron chi connectivity index (χ3n) is 5.85. The molecule has 3 aromatic rings. The van der Waals surface area contributed by atoms with Gasteiger partial charge in [0.15, 0.2) is 0 Å². The van der Waals surface area contributed by atoms with Gasteiger partial charge in [-0.2, -0.15) is 0 Å². The van der Waals surface area contributed by atoms with Crippen LogP contribution in [0, 0.1) is 0 Å². The van der Waals surface area contributed by atoms with Crippen LogP contribution in [0.15, 0.2) is 61.2 Å². The van der Waals surface area contributed by atoms with Crippen molar-refractivity contribution in [2.45, 2.75) is 64.2 Å². The number of alkyl halides is 2. The second-order valence-electron chi connectivity index (χ2n) is 8.75. The monoisotopic (exact) mass is 500 g/mol. The van der Waals surface area contributed by atoms with E-state index in [-0.39, 0.29) is 38.9 Å². The van der Waals surface area contributed by atoms with E-state index in [9.17, 15) is 13.6 Å². The predicted molar refractivity (Wildman–Crippen MR) is 141 cm³/mol. The molecule has 0 amide bonds. The topological polar surface area (TPSA) is 35.5 Å². The number of esters is 1. The highest BCUT2D eigenvalue weighted by Gasteiger charge is 2.27. The van der Waals surface area contributed by atoms with E-state index in [0.717, 1.165) is 22.6 Å². The maximum absolute atomic E-state index is 14.0. The van der Waals surface area contributed by atoms with Gasteiger partial charge in [0.25, 0.3) is 0 Å². The van der Waals surface area contributed by atoms with Crippen LogP contribution >= 0.6 is 11.3 Å². The van der Waals surface area contributed by atoms with Crippen LogP contribution in [-0.4, -0.2) is 25.1 Å². The van der Waals surface area contributed by atoms with Crippen molar-refractivity contribution in [3.8, 4) is 16.2 Å². The molecule has 0 saturated carbocycles. The Labute approximate surface area is 210 Å². The molecular formula is C29H34F2O3S. The smallest absolute Gasteiger partial charge is 0.330 e. The summed E-state index contributed by atoms with van der Waals surface area (Å²) in [5, 5.41) is 1.15. The Hall–Kier alpha value is -2.73. The highest BCUT2D eigenvalue weighted by molar-refractivity contribution is 7.22. The van der Waals surface area contributed by atoms with E-state index < -0.39 is 11.9 Å². The fraction of sp³-hybridized carbons (Fsp3) is 0.414. The Morgan fingerprint density at radius 3 is 2.46 bits per heavy atom. The Morgan fingerprint density at radius 2 is 1.74 bits per heavy atom. The van der Waals surface area contributed by atoms with Gasteiger partial charge in [0.1, 0.15) is 5.75 Å². The molecule has 0 bridgehead atoms. The van der Waals surface area contributed by atoms with Gasteiger partial charge in [0.05, 0.1) is 13.2 Å². The van der Waals surface area contributed by atoms with Gasteiger partial charge in [-0.1, -0.05) is 50.6 Å². The minimum Gasteiger partial charge on any atom is -0.494 e. The molecule has 35 heavy (non-hydrogen) atoms. The molecule has 6 heteroatoms. The number of rotatable bonds is 15. The Bertz CT molecular complexity index is 1090. The zero-order valence-corrected chi connectivity index (χ0v) is 21.2. The Kier molecular flexibility index (Phi) is 10.3. The van der Waals surface area contributed by atoms with E-state index in [1.807, 2.05) is 18.2 Å². The lowest BCUT2D eigenvalue weighted by Gasteiger charge is -2.16. The molecule has 0 unspecified atom stereocenters. The van der Waals surface area contributed by atoms with Crippen LogP contribution in [0.3, 0.4) is 0 Å². The van der Waals surface area contributed by atoms with Crippen LogP contribution in [0.2, 0.25) is 0 Å². The van der Waals surface area contributed by atoms with Crippen LogP contribution in [0.1, 0.15) is 57.4 Å². The van der Waals surface area contributed by atoms with E-state index in [1.54, 1.807) is 11.3 Å². The molecule has 0 fully saturated rings. The molecule has 188 valence electrons. The fourth-order valence-corrected chi connectivity index (χ4v) is 4.96. The summed E-state index contributed by atoms with van der Waals surface area (Å²) >= 11 is 1.71. The predicted octanol–water partition coefficient (Wildman–Crippen LogP) is 8.60. The van der Waals surface area contributed by atoms with Crippen molar-refractivity contribution >= 4 is 27.4 Å². The first-order valence-electron chi connectivity index (χ1n) is 12.3. The summed E-state index contributed by atoms with van der Waals surface area (Å²) in [5.74, 6) is -2.70. The number of carbonyl (C=O) groups is 1. The molecule has 3 rings (SSSR count). The zero-order chi connectivity index (χ0) is 25.1. The lowest BCUT2D eigenvalue weighted by molar-refractivity contribution is -0.138. The first-order valence-corrected chi connectivity index (χ1v) is 13.1. The molecule has 0 saturated heterocycles. The summed E-state index contributed by atoms with van der Waals surface area (Å²) in [6.07, 6.45) is 5.66. The SMILES string of the molecule is C=CC(=O)OCCCC(F)(F)CCCOc1ccc2cc(-c3ccc(CCCCC)cc3)sc2c1. The maximum Gasteiger partial charge on any atom is 0.330 e. The summed E-state index contributed by atoms with van der Waals surface area (Å²) < 4.78 is 39.6. The van der Waals surface area contributed by atoms with Crippen LogP contribution in [0.4, 0.5) is 8.78 Å². The zero-order valence-electron chi connectivity index (χ0n) is 20.4. The van der Waals surface area contributed by atoms with Crippen molar-refractivity contribution in [3.63, 3.8) is 0 Å². The quantitative estimate of drug-likeness (QED) is 0.119. The van der Waals surface area contributed by atoms with Crippen molar-refractivity contribution < 1.29 is 23.0 Å². The van der Waals surface area contributed by atoms with E-state index in [1.165, 1.54) is 35.3 Å². The van der Waals surface area contributed by atoms with E-state index in [4.69, 9.17) is 9.47 Å². The molecular weight excluding hydrogens is 466 g/mol. The van der Waals surface area contributed by atoms with Crippen LogP contribution in [0.25, 0.3) is 20.5 Å². The average Bonchev–Trinajstić information content (AvgIpc) is 3.28. The number of halogens is 2. The van der Waals surface area contributed by atoms with Gasteiger partial charge < -0.3 is 9.47 Å². The number of fused-ring (bicyclic) bond motifs is 1. The third kappa shape index (κ3) is 8.77. The molecule has 0 spiro atoms. The minimum absolute atomic E-state index is 0.0249. The summed E-state index contributed by atoms with van der Waals surface area (Å²) in [4.78, 5) is 12.2. The largest absolute Gasteiger partial charge is 0.494 e. The third-order valence-corrected chi connectivity index (χ3v) is 7.00. The average molecular weight is 501 g/mol. The van der Waals surface area contributed by atoms with Crippen molar-refractivity contribution in [3.05, 3.63) is 66.7 Å². The molecule has 0 aliphatic heterocycles. The molecule has 0 atom stereocenters. The molecule has 0 aliphatic rings. The highest BCUT2D eigenvalue weighted by Crippen LogP contribution is 2.35. The molecule has 2 aromatic carbocycles. The van der Waals surface area contributed by atoms with Gasteiger partial charge in [-0.25, -0.2) is 13.6 Å². The van der Waals surface area contributed by atoms with Gasteiger partial charge in [0.2, 0.25) is 5.92 Å². The molecule has 1 heterocycles. The second-order valence-corrected chi connectivity index (χ2v) is 9.83. The first kappa shape index (κ1) is 26.9. The number of thiophene rings is 1. The maximum atomic E-state index is 14.0. The molecule has 0 aliphatic carbocycles. The van der Waals surface area contributed by atoms with Crippen LogP contribution in [0.5, 0.6) is 5.75 Å². The van der Waals surface area contributed by atoms with E-state index in [0.29, 0.717) is 5.75 Å².